The van der Waals surface area contributed by atoms with Crippen molar-refractivity contribution < 1.29 is 23.8 Å². The third kappa shape index (κ3) is 4.78. The Balaban J connectivity index is 1.90. The quantitative estimate of drug-likeness (QED) is 0.322. The summed E-state index contributed by atoms with van der Waals surface area (Å²) in [7, 11) is 4.52. The normalized spacial score (nSPS) is 10.3. The molecule has 0 saturated heterocycles. The van der Waals surface area contributed by atoms with Gasteiger partial charge in [-0.2, -0.15) is 4.98 Å². The summed E-state index contributed by atoms with van der Waals surface area (Å²) < 4.78 is 16.0. The second kappa shape index (κ2) is 9.49. The number of nitrogens with two attached hydrogens (primary N) is 1. The zero-order valence-corrected chi connectivity index (χ0v) is 18.3. The molecule has 0 saturated carbocycles. The van der Waals surface area contributed by atoms with Crippen LogP contribution in [-0.4, -0.2) is 43.0 Å². The summed E-state index contributed by atoms with van der Waals surface area (Å²) in [6.07, 6.45) is 1.39. The first-order valence-electron chi connectivity index (χ1n) is 8.66. The van der Waals surface area contributed by atoms with E-state index in [2.05, 4.69) is 20.6 Å². The monoisotopic (exact) mass is 463 g/mol. The molecule has 3 aromatic rings. The fourth-order valence-corrected chi connectivity index (χ4v) is 3.55. The number of halogens is 1. The van der Waals surface area contributed by atoms with E-state index in [9.17, 15) is 9.59 Å². The fourth-order valence-electron chi connectivity index (χ4n) is 2.62. The lowest BCUT2D eigenvalue weighted by Crippen LogP contribution is -2.22. The molecule has 0 fully saturated rings. The number of methoxy groups -OCH3 is 3. The molecule has 162 valence electrons. The van der Waals surface area contributed by atoms with E-state index in [0.717, 1.165) is 11.3 Å². The van der Waals surface area contributed by atoms with Crippen molar-refractivity contribution in [1.29, 1.82) is 0 Å². The van der Waals surface area contributed by atoms with Crippen LogP contribution in [0.1, 0.15) is 9.67 Å². The highest BCUT2D eigenvalue weighted by molar-refractivity contribution is 7.13. The van der Waals surface area contributed by atoms with E-state index < -0.39 is 11.7 Å². The fraction of sp³-hybridized carbons (Fsp3) is 0.158. The molecule has 0 atom stereocenters. The Labute approximate surface area is 186 Å². The zero-order chi connectivity index (χ0) is 22.5. The average Bonchev–Trinajstić information content (AvgIpc) is 3.22. The molecule has 2 heterocycles. The van der Waals surface area contributed by atoms with Crippen LogP contribution in [0.4, 0.5) is 23.1 Å². The Morgan fingerprint density at radius 1 is 1.10 bits per heavy atom. The number of ether oxygens (including phenoxy) is 3. The average molecular weight is 464 g/mol. The molecule has 31 heavy (non-hydrogen) atoms. The molecule has 2 aromatic heterocycles. The van der Waals surface area contributed by atoms with E-state index in [4.69, 9.17) is 31.5 Å². The number of ketones is 1. The maximum absolute atomic E-state index is 12.0. The summed E-state index contributed by atoms with van der Waals surface area (Å²) in [5.74, 6) is -0.0849. The summed E-state index contributed by atoms with van der Waals surface area (Å²) in [6.45, 7) is 0. The van der Waals surface area contributed by atoms with Gasteiger partial charge in [-0.15, -0.1) is 11.3 Å². The largest absolute Gasteiger partial charge is 0.493 e. The summed E-state index contributed by atoms with van der Waals surface area (Å²) >= 11 is 7.28. The minimum Gasteiger partial charge on any atom is -0.493 e. The zero-order valence-electron chi connectivity index (χ0n) is 16.7. The van der Waals surface area contributed by atoms with Gasteiger partial charge >= 0.3 is 0 Å². The molecule has 0 unspecified atom stereocenters. The van der Waals surface area contributed by atoms with E-state index >= 15 is 0 Å². The number of amides is 1. The number of thiophene rings is 1. The van der Waals surface area contributed by atoms with Crippen LogP contribution in [0.15, 0.2) is 29.8 Å². The molecule has 0 spiro atoms. The van der Waals surface area contributed by atoms with E-state index in [0.29, 0.717) is 28.6 Å². The summed E-state index contributed by atoms with van der Waals surface area (Å²) in [4.78, 5) is 31.9. The van der Waals surface area contributed by atoms with Gasteiger partial charge in [-0.05, 0) is 11.4 Å². The minimum absolute atomic E-state index is 0.154. The van der Waals surface area contributed by atoms with Crippen molar-refractivity contribution in [3.05, 3.63) is 39.7 Å². The van der Waals surface area contributed by atoms with Gasteiger partial charge in [0, 0.05) is 17.8 Å². The van der Waals surface area contributed by atoms with Crippen LogP contribution >= 0.6 is 22.9 Å². The number of carbonyl (C=O) groups is 2. The molecule has 4 N–H and O–H groups in total. The highest BCUT2D eigenvalue weighted by Gasteiger charge is 2.20. The second-order valence-electron chi connectivity index (χ2n) is 5.91. The van der Waals surface area contributed by atoms with Crippen molar-refractivity contribution in [3.8, 4) is 17.2 Å². The number of hydrogen-bond acceptors (Lipinski definition) is 10. The van der Waals surface area contributed by atoms with Crippen LogP contribution in [0.2, 0.25) is 5.02 Å². The van der Waals surface area contributed by atoms with E-state index in [-0.39, 0.29) is 21.7 Å². The number of Topliss-reactive ketones (excluding diaryl/α,β-unsaturated/α-hetero) is 1. The van der Waals surface area contributed by atoms with Crippen molar-refractivity contribution in [2.45, 2.75) is 0 Å². The summed E-state index contributed by atoms with van der Waals surface area (Å²) in [6, 6.07) is 5.00. The first-order chi connectivity index (χ1) is 14.9. The van der Waals surface area contributed by atoms with Crippen LogP contribution in [0.25, 0.3) is 0 Å². The molecule has 0 aliphatic heterocycles. The maximum Gasteiger partial charge on any atom is 0.290 e. The number of rotatable bonds is 9. The van der Waals surface area contributed by atoms with Crippen molar-refractivity contribution in [1.82, 2.24) is 9.97 Å². The highest BCUT2D eigenvalue weighted by Crippen LogP contribution is 2.40. The van der Waals surface area contributed by atoms with Crippen molar-refractivity contribution in [2.24, 2.45) is 5.73 Å². The molecule has 1 amide bonds. The Morgan fingerprint density at radius 3 is 2.35 bits per heavy atom. The molecule has 12 heteroatoms. The van der Waals surface area contributed by atoms with Crippen molar-refractivity contribution in [3.63, 3.8) is 0 Å². The Hall–Kier alpha value is -3.57. The summed E-state index contributed by atoms with van der Waals surface area (Å²) in [5, 5.41) is 7.82. The van der Waals surface area contributed by atoms with Gasteiger partial charge in [0.05, 0.1) is 33.2 Å². The van der Waals surface area contributed by atoms with Gasteiger partial charge in [0.15, 0.2) is 17.3 Å². The number of nitrogens with one attached hydrogen (secondary N) is 2. The van der Waals surface area contributed by atoms with E-state index in [1.807, 2.05) is 0 Å². The second-order valence-corrected chi connectivity index (χ2v) is 7.23. The van der Waals surface area contributed by atoms with Crippen molar-refractivity contribution in [2.75, 3.05) is 32.0 Å². The van der Waals surface area contributed by atoms with Crippen LogP contribution in [-0.2, 0) is 4.79 Å². The predicted molar refractivity (Wildman–Crippen MR) is 118 cm³/mol. The SMILES string of the molecule is COc1cc(Nc2ncc(Cl)c(Nc3ccsc3C(=O)C(N)=O)n2)cc(OC)c1OC. The lowest BCUT2D eigenvalue weighted by atomic mass is 10.2. The Bertz CT molecular complexity index is 1110. The molecule has 0 radical (unpaired) electrons. The van der Waals surface area contributed by atoms with Gasteiger partial charge in [-0.3, -0.25) is 9.59 Å². The number of hydrogen-bond donors (Lipinski definition) is 3. The molecule has 1 aromatic carbocycles. The molecule has 0 aliphatic rings. The molecule has 3 rings (SSSR count). The molecular formula is C19H18ClN5O5S. The third-order valence-corrected chi connectivity index (χ3v) is 5.20. The first-order valence-corrected chi connectivity index (χ1v) is 9.91. The maximum atomic E-state index is 12.0. The van der Waals surface area contributed by atoms with Gasteiger partial charge in [0.1, 0.15) is 9.90 Å². The third-order valence-electron chi connectivity index (χ3n) is 4.01. The smallest absolute Gasteiger partial charge is 0.290 e. The van der Waals surface area contributed by atoms with E-state index in [1.54, 1.807) is 23.6 Å². The standard InChI is InChI=1S/C19H18ClN5O5S/c1-28-12-6-9(7-13(29-2)15(12)30-3)23-19-22-8-10(20)18(25-19)24-11-4-5-31-16(11)14(26)17(21)27/h4-8H,1-3H3,(H2,21,27)(H2,22,23,24,25). The lowest BCUT2D eigenvalue weighted by molar-refractivity contribution is -0.114. The molecule has 10 nitrogen and oxygen atoms in total. The van der Waals surface area contributed by atoms with Crippen LogP contribution in [0.3, 0.4) is 0 Å². The molecular weight excluding hydrogens is 446 g/mol. The number of aromatic nitrogens is 2. The molecule has 0 bridgehead atoms. The Kier molecular flexibility index (Phi) is 6.78. The number of carbonyl (C=O) groups excluding carboxylic acids is 2. The number of nitrogens with zero attached hydrogens (tertiary/aromatic N) is 2. The van der Waals surface area contributed by atoms with Crippen LogP contribution in [0.5, 0.6) is 17.2 Å². The van der Waals surface area contributed by atoms with Crippen LogP contribution < -0.4 is 30.6 Å². The van der Waals surface area contributed by atoms with Crippen molar-refractivity contribution >= 4 is 57.8 Å². The number of anilines is 4. The van der Waals surface area contributed by atoms with Gasteiger partial charge in [-0.1, -0.05) is 11.6 Å². The van der Waals surface area contributed by atoms with Gasteiger partial charge in [0.2, 0.25) is 11.7 Å². The topological polar surface area (TPSA) is 138 Å². The van der Waals surface area contributed by atoms with Crippen LogP contribution in [0, 0.1) is 0 Å². The van der Waals surface area contributed by atoms with Gasteiger partial charge in [-0.25, -0.2) is 4.98 Å². The first kappa shape index (κ1) is 22.1. The lowest BCUT2D eigenvalue weighted by Gasteiger charge is -2.15. The van der Waals surface area contributed by atoms with Gasteiger partial charge < -0.3 is 30.6 Å². The van der Waals surface area contributed by atoms with Gasteiger partial charge in [0.25, 0.3) is 11.7 Å². The minimum atomic E-state index is -1.05. The predicted octanol–water partition coefficient (Wildman–Crippen LogP) is 3.37. The number of benzene rings is 1. The Morgan fingerprint density at radius 2 is 1.77 bits per heavy atom. The highest BCUT2D eigenvalue weighted by atomic mass is 35.5. The molecule has 0 aliphatic carbocycles. The summed E-state index contributed by atoms with van der Waals surface area (Å²) in [5.41, 5.74) is 6.02. The van der Waals surface area contributed by atoms with E-state index in [1.165, 1.54) is 27.5 Å². The number of primary amides is 1.